The Balaban J connectivity index is 1.37. The Hall–Kier alpha value is -4.76. The van der Waals surface area contributed by atoms with Gasteiger partial charge in [0.1, 0.15) is 23.6 Å². The van der Waals surface area contributed by atoms with E-state index in [2.05, 4.69) is 52.7 Å². The number of H-pyrrole nitrogens is 1. The normalized spacial score (nSPS) is 20.5. The van der Waals surface area contributed by atoms with Gasteiger partial charge in [0, 0.05) is 42.8 Å². The Morgan fingerprint density at radius 1 is 1.16 bits per heavy atom. The third-order valence-corrected chi connectivity index (χ3v) is 9.18. The highest BCUT2D eigenvalue weighted by Crippen LogP contribution is 2.43. The fraction of sp³-hybridized carbons (Fsp3) is 0.455. The molecule has 7 rings (SSSR count). The second-order valence-corrected chi connectivity index (χ2v) is 12.2. The summed E-state index contributed by atoms with van der Waals surface area (Å²) in [5, 5.41) is 18.6. The fourth-order valence-electron chi connectivity index (χ4n) is 6.51. The lowest BCUT2D eigenvalue weighted by Crippen LogP contribution is -2.55. The Labute approximate surface area is 261 Å². The molecule has 0 bridgehead atoms. The van der Waals surface area contributed by atoms with Crippen LogP contribution in [0, 0.1) is 18.3 Å². The number of nitriles is 1. The lowest BCUT2D eigenvalue weighted by atomic mass is 9.99. The molecule has 2 saturated heterocycles. The third kappa shape index (κ3) is 5.53. The van der Waals surface area contributed by atoms with Crippen LogP contribution in [0.15, 0.2) is 37.2 Å². The molecule has 4 aromatic rings. The number of nitrogens with zero attached hydrogens (tertiary/aromatic N) is 8. The largest absolute Gasteiger partial charge is 0.486 e. The minimum Gasteiger partial charge on any atom is -0.486 e. The molecule has 1 saturated carbocycles. The SMILES string of the molecule is C=CC(=O)N1CCN(c2nc(OC[C@@H]3CCCN3C)nc3c(OC4CC4)c(-c4c(C)ccc5[nH]ncc45)ncc23)C[C@@H]1CC#N. The maximum absolute atomic E-state index is 12.6. The summed E-state index contributed by atoms with van der Waals surface area (Å²) >= 11 is 0. The number of likely N-dealkylation sites (N-methyl/N-ethyl adjacent to an activating group) is 1. The third-order valence-electron chi connectivity index (χ3n) is 9.18. The van der Waals surface area contributed by atoms with Gasteiger partial charge in [-0.15, -0.1) is 0 Å². The number of fused-ring (bicyclic) bond motifs is 2. The molecule has 0 unspecified atom stereocenters. The second-order valence-electron chi connectivity index (χ2n) is 12.2. The second kappa shape index (κ2) is 12.0. The van der Waals surface area contributed by atoms with Gasteiger partial charge in [-0.2, -0.15) is 20.3 Å². The number of hydrogen-bond acceptors (Lipinski definition) is 10. The van der Waals surface area contributed by atoms with E-state index in [4.69, 9.17) is 24.4 Å². The fourth-order valence-corrected chi connectivity index (χ4v) is 6.51. The van der Waals surface area contributed by atoms with Crippen LogP contribution in [0.4, 0.5) is 5.82 Å². The van der Waals surface area contributed by atoms with E-state index < -0.39 is 0 Å². The van der Waals surface area contributed by atoms with E-state index in [-0.39, 0.29) is 36.5 Å². The molecular formula is C33H37N9O3. The lowest BCUT2D eigenvalue weighted by molar-refractivity contribution is -0.128. The van der Waals surface area contributed by atoms with Crippen molar-refractivity contribution >= 4 is 33.5 Å². The Morgan fingerprint density at radius 3 is 2.78 bits per heavy atom. The average molecular weight is 608 g/mol. The highest BCUT2D eigenvalue weighted by molar-refractivity contribution is 6.02. The summed E-state index contributed by atoms with van der Waals surface area (Å²) in [5.41, 5.74) is 4.24. The molecule has 12 nitrogen and oxygen atoms in total. The standard InChI is InChI=1S/C33H37N9O3/c1-4-27(43)42-15-14-41(18-21(42)11-12-34)32-25-16-35-30(28-20(2)7-10-26-24(28)17-36-39-26)31(45-23-8-9-23)29(25)37-33(38-32)44-19-22-6-5-13-40(22)3/h4,7,10,16-17,21-23H,1,5-6,8-9,11,13-15,18-19H2,2-3H3,(H,36,39)/t21-,22-/m0/s1. The van der Waals surface area contributed by atoms with Gasteiger partial charge in [0.2, 0.25) is 5.91 Å². The summed E-state index contributed by atoms with van der Waals surface area (Å²) in [6, 6.07) is 6.57. The molecule has 45 heavy (non-hydrogen) atoms. The molecule has 12 heteroatoms. The summed E-state index contributed by atoms with van der Waals surface area (Å²) in [7, 11) is 2.12. The van der Waals surface area contributed by atoms with Crippen molar-refractivity contribution in [1.29, 1.82) is 5.26 Å². The number of hydrogen-bond donors (Lipinski definition) is 1. The first-order chi connectivity index (χ1) is 21.9. The number of likely N-dealkylation sites (tertiary alicyclic amines) is 1. The van der Waals surface area contributed by atoms with Crippen molar-refractivity contribution in [2.24, 2.45) is 0 Å². The van der Waals surface area contributed by atoms with Crippen LogP contribution >= 0.6 is 0 Å². The van der Waals surface area contributed by atoms with Crippen LogP contribution in [0.25, 0.3) is 33.1 Å². The van der Waals surface area contributed by atoms with E-state index in [1.165, 1.54) is 6.08 Å². The highest BCUT2D eigenvalue weighted by atomic mass is 16.5. The minimum absolute atomic E-state index is 0.0865. The molecule has 3 fully saturated rings. The monoisotopic (exact) mass is 607 g/mol. The number of pyridine rings is 1. The van der Waals surface area contributed by atoms with Gasteiger partial charge in [-0.05, 0) is 63.9 Å². The van der Waals surface area contributed by atoms with Crippen LogP contribution in [0.3, 0.4) is 0 Å². The van der Waals surface area contributed by atoms with Gasteiger partial charge in [0.15, 0.2) is 5.75 Å². The topological polar surface area (TPSA) is 136 Å². The predicted molar refractivity (Wildman–Crippen MR) is 170 cm³/mol. The molecule has 1 aliphatic carbocycles. The maximum atomic E-state index is 12.6. The first kappa shape index (κ1) is 29.0. The number of anilines is 1. The molecule has 5 heterocycles. The van der Waals surface area contributed by atoms with Gasteiger partial charge in [0.25, 0.3) is 0 Å². The number of carbonyl (C=O) groups is 1. The predicted octanol–water partition coefficient (Wildman–Crippen LogP) is 4.01. The van der Waals surface area contributed by atoms with E-state index >= 15 is 0 Å². The zero-order chi connectivity index (χ0) is 31.1. The number of ether oxygens (including phenoxy) is 2. The van der Waals surface area contributed by atoms with E-state index in [1.807, 2.05) is 18.5 Å². The summed E-state index contributed by atoms with van der Waals surface area (Å²) in [4.78, 5) is 33.7. The Morgan fingerprint density at radius 2 is 2.02 bits per heavy atom. The van der Waals surface area contributed by atoms with Crippen molar-refractivity contribution in [2.45, 2.75) is 57.2 Å². The molecular weight excluding hydrogens is 570 g/mol. The molecule has 0 radical (unpaired) electrons. The molecule has 1 amide bonds. The summed E-state index contributed by atoms with van der Waals surface area (Å²) in [5.74, 6) is 1.08. The highest BCUT2D eigenvalue weighted by Gasteiger charge is 2.34. The number of amides is 1. The van der Waals surface area contributed by atoms with Crippen molar-refractivity contribution in [2.75, 3.05) is 44.7 Å². The molecule has 3 aliphatic rings. The summed E-state index contributed by atoms with van der Waals surface area (Å²) in [6.07, 6.45) is 9.35. The van der Waals surface area contributed by atoms with Crippen molar-refractivity contribution < 1.29 is 14.3 Å². The van der Waals surface area contributed by atoms with Crippen molar-refractivity contribution in [3.8, 4) is 29.1 Å². The van der Waals surface area contributed by atoms with Gasteiger partial charge in [-0.3, -0.25) is 14.9 Å². The summed E-state index contributed by atoms with van der Waals surface area (Å²) in [6.45, 7) is 8.62. The first-order valence-corrected chi connectivity index (χ1v) is 15.6. The Bertz CT molecular complexity index is 1810. The summed E-state index contributed by atoms with van der Waals surface area (Å²) < 4.78 is 13.0. The van der Waals surface area contributed by atoms with Gasteiger partial charge in [-0.1, -0.05) is 12.6 Å². The number of nitrogens with one attached hydrogen (secondary N) is 1. The minimum atomic E-state index is -0.313. The lowest BCUT2D eigenvalue weighted by Gasteiger charge is -2.41. The number of carbonyl (C=O) groups excluding carboxylic acids is 1. The van der Waals surface area contributed by atoms with Crippen LogP contribution in [-0.2, 0) is 4.79 Å². The first-order valence-electron chi connectivity index (χ1n) is 15.6. The van der Waals surface area contributed by atoms with E-state index in [0.29, 0.717) is 49.0 Å². The zero-order valence-electron chi connectivity index (χ0n) is 25.7. The van der Waals surface area contributed by atoms with Crippen molar-refractivity contribution in [1.82, 2.24) is 34.9 Å². The van der Waals surface area contributed by atoms with Crippen LogP contribution in [0.2, 0.25) is 0 Å². The van der Waals surface area contributed by atoms with E-state index in [1.54, 1.807) is 4.90 Å². The number of aryl methyl sites for hydroxylation is 1. The van der Waals surface area contributed by atoms with E-state index in [0.717, 1.165) is 59.6 Å². The van der Waals surface area contributed by atoms with Crippen LogP contribution in [0.5, 0.6) is 11.8 Å². The van der Waals surface area contributed by atoms with Crippen LogP contribution < -0.4 is 14.4 Å². The Kier molecular flexibility index (Phi) is 7.71. The van der Waals surface area contributed by atoms with Crippen molar-refractivity contribution in [3.63, 3.8) is 0 Å². The van der Waals surface area contributed by atoms with Crippen LogP contribution in [-0.4, -0.2) is 98.9 Å². The van der Waals surface area contributed by atoms with Crippen molar-refractivity contribution in [3.05, 3.63) is 42.7 Å². The average Bonchev–Trinajstić information content (AvgIpc) is 3.57. The molecule has 2 aliphatic heterocycles. The van der Waals surface area contributed by atoms with Gasteiger partial charge in [-0.25, -0.2) is 0 Å². The van der Waals surface area contributed by atoms with E-state index in [9.17, 15) is 10.1 Å². The molecule has 3 aromatic heterocycles. The number of piperazine rings is 1. The van der Waals surface area contributed by atoms with Gasteiger partial charge >= 0.3 is 6.01 Å². The molecule has 1 N–H and O–H groups in total. The number of aromatic amines is 1. The maximum Gasteiger partial charge on any atom is 0.319 e. The van der Waals surface area contributed by atoms with Gasteiger partial charge in [0.05, 0.1) is 41.7 Å². The number of benzene rings is 1. The molecule has 1 aromatic carbocycles. The quantitative estimate of drug-likeness (QED) is 0.278. The van der Waals surface area contributed by atoms with Crippen LogP contribution in [0.1, 0.15) is 37.7 Å². The molecule has 2 atom stereocenters. The number of rotatable bonds is 9. The molecule has 232 valence electrons. The number of aromatic nitrogens is 5. The smallest absolute Gasteiger partial charge is 0.319 e. The zero-order valence-corrected chi connectivity index (χ0v) is 25.7. The molecule has 0 spiro atoms. The van der Waals surface area contributed by atoms with Gasteiger partial charge < -0.3 is 24.2 Å².